The van der Waals surface area contributed by atoms with Crippen LogP contribution in [0.3, 0.4) is 0 Å². The van der Waals surface area contributed by atoms with Crippen LogP contribution in [0.15, 0.2) is 43.6 Å². The lowest BCUT2D eigenvalue weighted by Gasteiger charge is -2.44. The van der Waals surface area contributed by atoms with E-state index in [0.717, 1.165) is 38.7 Å². The summed E-state index contributed by atoms with van der Waals surface area (Å²) in [5.41, 5.74) is 3.92. The number of rotatable bonds is 5. The highest BCUT2D eigenvalue weighted by Gasteiger charge is 2.43. The van der Waals surface area contributed by atoms with E-state index in [4.69, 9.17) is 4.74 Å². The van der Waals surface area contributed by atoms with Gasteiger partial charge in [0, 0.05) is 47.8 Å². The fraction of sp³-hybridized carbons (Fsp3) is 0.435. The summed E-state index contributed by atoms with van der Waals surface area (Å²) in [5, 5.41) is 9.27. The van der Waals surface area contributed by atoms with Crippen LogP contribution in [0.1, 0.15) is 56.4 Å². The molecule has 0 radical (unpaired) electrons. The Morgan fingerprint density at radius 3 is 2.00 bits per heavy atom. The molecule has 0 saturated heterocycles. The standard InChI is InChI=1S/C23H23Br2NO5/c1-31-23-13(24)10-12(11-14(23)25)20-21-15(4-2-6-17(21)27)26(9-8-19(29)30)16-5-3-7-18(28)22(16)20/h10-11,20H,2-9H2,1H3,(H,29,30). The number of carbonyl (C=O) groups is 3. The second-order valence-electron chi connectivity index (χ2n) is 8.02. The summed E-state index contributed by atoms with van der Waals surface area (Å²) in [6.07, 6.45) is 3.73. The number of halogens is 2. The van der Waals surface area contributed by atoms with E-state index in [-0.39, 0.29) is 24.5 Å². The van der Waals surface area contributed by atoms with Crippen molar-refractivity contribution < 1.29 is 24.2 Å². The maximum atomic E-state index is 13.2. The number of nitrogens with zero attached hydrogens (tertiary/aromatic N) is 1. The molecule has 31 heavy (non-hydrogen) atoms. The van der Waals surface area contributed by atoms with Crippen molar-refractivity contribution in [1.29, 1.82) is 0 Å². The molecule has 0 saturated carbocycles. The Hall–Kier alpha value is -1.93. The van der Waals surface area contributed by atoms with Gasteiger partial charge >= 0.3 is 5.97 Å². The zero-order valence-corrected chi connectivity index (χ0v) is 20.3. The van der Waals surface area contributed by atoms with E-state index in [2.05, 4.69) is 31.9 Å². The van der Waals surface area contributed by atoms with E-state index in [0.29, 0.717) is 42.6 Å². The zero-order valence-electron chi connectivity index (χ0n) is 17.2. The van der Waals surface area contributed by atoms with Crippen molar-refractivity contribution in [2.24, 2.45) is 0 Å². The first-order valence-corrected chi connectivity index (χ1v) is 12.0. The molecular formula is C23H23Br2NO5. The van der Waals surface area contributed by atoms with Gasteiger partial charge in [-0.3, -0.25) is 14.4 Å². The highest BCUT2D eigenvalue weighted by molar-refractivity contribution is 9.11. The lowest BCUT2D eigenvalue weighted by atomic mass is 9.71. The minimum absolute atomic E-state index is 0.0413. The van der Waals surface area contributed by atoms with Crippen molar-refractivity contribution in [1.82, 2.24) is 4.90 Å². The summed E-state index contributed by atoms with van der Waals surface area (Å²) in [5.74, 6) is -0.598. The number of Topliss-reactive ketones (excluding diaryl/α,β-unsaturated/α-hetero) is 2. The predicted octanol–water partition coefficient (Wildman–Crippen LogP) is 5.11. The Morgan fingerprint density at radius 2 is 1.55 bits per heavy atom. The minimum atomic E-state index is -0.890. The molecule has 6 nitrogen and oxygen atoms in total. The van der Waals surface area contributed by atoms with E-state index < -0.39 is 11.9 Å². The molecule has 0 spiro atoms. The smallest absolute Gasteiger partial charge is 0.305 e. The molecule has 1 heterocycles. The second kappa shape index (κ2) is 8.90. The molecule has 2 aliphatic carbocycles. The summed E-state index contributed by atoms with van der Waals surface area (Å²) in [7, 11) is 1.59. The van der Waals surface area contributed by atoms with Crippen LogP contribution in [0.25, 0.3) is 0 Å². The third-order valence-electron chi connectivity index (χ3n) is 6.19. The monoisotopic (exact) mass is 551 g/mol. The third-order valence-corrected chi connectivity index (χ3v) is 7.37. The zero-order chi connectivity index (χ0) is 22.3. The SMILES string of the molecule is COc1c(Br)cc(C2C3=C(CCCC3=O)N(CCC(=O)O)C3=C2C(=O)CCC3)cc1Br. The van der Waals surface area contributed by atoms with Crippen molar-refractivity contribution in [3.05, 3.63) is 49.2 Å². The van der Waals surface area contributed by atoms with Crippen molar-refractivity contribution in [3.63, 3.8) is 0 Å². The van der Waals surface area contributed by atoms with Crippen LogP contribution in [0.4, 0.5) is 0 Å². The topological polar surface area (TPSA) is 83.9 Å². The number of hydrogen-bond acceptors (Lipinski definition) is 5. The van der Waals surface area contributed by atoms with Crippen LogP contribution in [-0.2, 0) is 14.4 Å². The molecular weight excluding hydrogens is 530 g/mol. The summed E-state index contributed by atoms with van der Waals surface area (Å²) < 4.78 is 6.91. The number of carboxylic acid groups (broad SMARTS) is 1. The van der Waals surface area contributed by atoms with Gasteiger partial charge in [-0.1, -0.05) is 0 Å². The molecule has 0 atom stereocenters. The number of methoxy groups -OCH3 is 1. The highest BCUT2D eigenvalue weighted by Crippen LogP contribution is 2.50. The molecule has 0 unspecified atom stereocenters. The van der Waals surface area contributed by atoms with Gasteiger partial charge in [0.1, 0.15) is 5.75 Å². The first-order valence-electron chi connectivity index (χ1n) is 10.4. The van der Waals surface area contributed by atoms with Crippen LogP contribution in [-0.4, -0.2) is 41.2 Å². The average Bonchev–Trinajstić information content (AvgIpc) is 2.71. The number of allylic oxidation sites excluding steroid dienone is 4. The normalized spacial score (nSPS) is 19.5. The van der Waals surface area contributed by atoms with Gasteiger partial charge in [-0.15, -0.1) is 0 Å². The van der Waals surface area contributed by atoms with E-state index >= 15 is 0 Å². The largest absolute Gasteiger partial charge is 0.494 e. The van der Waals surface area contributed by atoms with Crippen molar-refractivity contribution in [3.8, 4) is 5.75 Å². The maximum absolute atomic E-state index is 13.2. The van der Waals surface area contributed by atoms with Crippen LogP contribution in [0.2, 0.25) is 0 Å². The first kappa shape index (κ1) is 22.3. The molecule has 3 aliphatic rings. The Kier molecular flexibility index (Phi) is 6.40. The van der Waals surface area contributed by atoms with Crippen molar-refractivity contribution >= 4 is 49.4 Å². The van der Waals surface area contributed by atoms with Gasteiger partial charge in [-0.2, -0.15) is 0 Å². The molecule has 8 heteroatoms. The number of aliphatic carboxylic acids is 1. The van der Waals surface area contributed by atoms with Crippen LogP contribution in [0.5, 0.6) is 5.75 Å². The van der Waals surface area contributed by atoms with Gasteiger partial charge < -0.3 is 14.7 Å². The Balaban J connectivity index is 1.93. The van der Waals surface area contributed by atoms with E-state index in [1.165, 1.54) is 0 Å². The molecule has 164 valence electrons. The van der Waals surface area contributed by atoms with Crippen LogP contribution < -0.4 is 4.74 Å². The third kappa shape index (κ3) is 4.00. The van der Waals surface area contributed by atoms with Gasteiger partial charge in [0.05, 0.1) is 22.5 Å². The molecule has 1 aliphatic heterocycles. The van der Waals surface area contributed by atoms with Gasteiger partial charge in [-0.25, -0.2) is 0 Å². The lowest BCUT2D eigenvalue weighted by Crippen LogP contribution is -2.39. The maximum Gasteiger partial charge on any atom is 0.305 e. The molecule has 4 rings (SSSR count). The van der Waals surface area contributed by atoms with Gasteiger partial charge in [0.15, 0.2) is 11.6 Å². The van der Waals surface area contributed by atoms with Gasteiger partial charge in [-0.05, 0) is 75.2 Å². The number of benzene rings is 1. The molecule has 0 fully saturated rings. The van der Waals surface area contributed by atoms with Crippen molar-refractivity contribution in [2.45, 2.75) is 50.9 Å². The van der Waals surface area contributed by atoms with Crippen LogP contribution >= 0.6 is 31.9 Å². The summed E-state index contributed by atoms with van der Waals surface area (Å²) >= 11 is 7.10. The van der Waals surface area contributed by atoms with E-state index in [1.54, 1.807) is 7.11 Å². The Morgan fingerprint density at radius 1 is 1.03 bits per heavy atom. The second-order valence-corrected chi connectivity index (χ2v) is 9.73. The van der Waals surface area contributed by atoms with Gasteiger partial charge in [0.25, 0.3) is 0 Å². The quantitative estimate of drug-likeness (QED) is 0.546. The van der Waals surface area contributed by atoms with Crippen molar-refractivity contribution in [2.75, 3.05) is 13.7 Å². The Labute approximate surface area is 197 Å². The molecule has 1 N–H and O–H groups in total. The van der Waals surface area contributed by atoms with E-state index in [1.807, 2.05) is 17.0 Å². The predicted molar refractivity (Wildman–Crippen MR) is 122 cm³/mol. The molecule has 0 bridgehead atoms. The summed E-state index contributed by atoms with van der Waals surface area (Å²) in [6, 6.07) is 3.83. The molecule has 0 amide bonds. The highest BCUT2D eigenvalue weighted by atomic mass is 79.9. The number of ether oxygens (including phenoxy) is 1. The molecule has 1 aromatic carbocycles. The Bertz CT molecular complexity index is 975. The fourth-order valence-electron chi connectivity index (χ4n) is 4.97. The number of carboxylic acids is 1. The van der Waals surface area contributed by atoms with Crippen LogP contribution in [0, 0.1) is 0 Å². The summed E-state index contributed by atoms with van der Waals surface area (Å²) in [6.45, 7) is 0.274. The lowest BCUT2D eigenvalue weighted by molar-refractivity contribution is -0.137. The number of carbonyl (C=O) groups excluding carboxylic acids is 2. The van der Waals surface area contributed by atoms with E-state index in [9.17, 15) is 19.5 Å². The van der Waals surface area contributed by atoms with Gasteiger partial charge in [0.2, 0.25) is 0 Å². The molecule has 0 aromatic heterocycles. The molecule has 1 aromatic rings. The minimum Gasteiger partial charge on any atom is -0.494 e. The fourth-order valence-corrected chi connectivity index (χ4v) is 6.51. The first-order chi connectivity index (χ1) is 14.8. The average molecular weight is 553 g/mol. The summed E-state index contributed by atoms with van der Waals surface area (Å²) in [4.78, 5) is 39.6. The number of ketones is 2. The number of hydrogen-bond donors (Lipinski definition) is 1.